The van der Waals surface area contributed by atoms with Crippen molar-refractivity contribution in [1.29, 1.82) is 0 Å². The van der Waals surface area contributed by atoms with Crippen molar-refractivity contribution in [1.82, 2.24) is 4.98 Å². The van der Waals surface area contributed by atoms with Crippen molar-refractivity contribution in [2.75, 3.05) is 5.32 Å². The van der Waals surface area contributed by atoms with E-state index in [0.717, 1.165) is 22.3 Å². The third kappa shape index (κ3) is 3.37. The molecule has 0 aliphatic heterocycles. The first kappa shape index (κ1) is 14.8. The number of aromatic hydroxyl groups is 1. The second-order valence-electron chi connectivity index (χ2n) is 5.19. The van der Waals surface area contributed by atoms with Crippen LogP contribution >= 0.6 is 0 Å². The van der Waals surface area contributed by atoms with Gasteiger partial charge >= 0.3 is 0 Å². The Hall–Kier alpha value is -3.14. The van der Waals surface area contributed by atoms with Gasteiger partial charge in [-0.1, -0.05) is 42.5 Å². The minimum atomic E-state index is -0.111. The average Bonchev–Trinajstić information content (AvgIpc) is 2.54. The summed E-state index contributed by atoms with van der Waals surface area (Å²) in [6.45, 7) is 1.48. The van der Waals surface area contributed by atoms with E-state index in [2.05, 4.69) is 10.3 Å². The van der Waals surface area contributed by atoms with E-state index in [1.54, 1.807) is 12.1 Å². The van der Waals surface area contributed by atoms with Crippen molar-refractivity contribution in [2.24, 2.45) is 0 Å². The number of carbonyl (C=O) groups excluding carboxylic acids is 1. The second-order valence-corrected chi connectivity index (χ2v) is 5.19. The number of pyridine rings is 1. The van der Waals surface area contributed by atoms with Crippen LogP contribution in [0.5, 0.6) is 5.75 Å². The summed E-state index contributed by atoms with van der Waals surface area (Å²) >= 11 is 0. The molecule has 2 aromatic carbocycles. The molecule has 0 spiro atoms. The van der Waals surface area contributed by atoms with E-state index in [1.165, 1.54) is 6.92 Å². The molecule has 3 rings (SSSR count). The number of nitrogens with zero attached hydrogens (tertiary/aromatic N) is 1. The molecule has 0 unspecified atom stereocenters. The van der Waals surface area contributed by atoms with Gasteiger partial charge in [0.15, 0.2) is 0 Å². The molecule has 0 bridgehead atoms. The number of anilines is 1. The van der Waals surface area contributed by atoms with Crippen LogP contribution in [-0.4, -0.2) is 16.0 Å². The molecule has 1 heterocycles. The van der Waals surface area contributed by atoms with Crippen LogP contribution in [0.4, 0.5) is 5.69 Å². The predicted octanol–water partition coefficient (Wildman–Crippen LogP) is 4.07. The van der Waals surface area contributed by atoms with Gasteiger partial charge in [0.2, 0.25) is 5.91 Å². The number of rotatable bonds is 3. The first-order valence-corrected chi connectivity index (χ1v) is 7.27. The SMILES string of the molecule is CC(=O)Nc1ccccc1C=Cc1ccc2cccc(O)c2n1. The maximum atomic E-state index is 11.2. The molecule has 0 saturated heterocycles. The van der Waals surface area contributed by atoms with Crippen molar-refractivity contribution in [3.8, 4) is 5.75 Å². The number of para-hydroxylation sites is 2. The maximum absolute atomic E-state index is 11.2. The van der Waals surface area contributed by atoms with Gasteiger partial charge in [0.1, 0.15) is 11.3 Å². The Morgan fingerprint density at radius 3 is 2.70 bits per heavy atom. The molecule has 4 heteroatoms. The maximum Gasteiger partial charge on any atom is 0.221 e. The third-order valence-electron chi connectivity index (χ3n) is 3.43. The predicted molar refractivity (Wildman–Crippen MR) is 93.1 cm³/mol. The Labute approximate surface area is 134 Å². The number of hydrogen-bond donors (Lipinski definition) is 2. The van der Waals surface area contributed by atoms with Gasteiger partial charge in [-0.2, -0.15) is 0 Å². The fourth-order valence-corrected chi connectivity index (χ4v) is 2.36. The summed E-state index contributed by atoms with van der Waals surface area (Å²) in [5.41, 5.74) is 2.95. The van der Waals surface area contributed by atoms with Crippen molar-refractivity contribution in [3.05, 3.63) is 65.9 Å². The van der Waals surface area contributed by atoms with Gasteiger partial charge < -0.3 is 10.4 Å². The summed E-state index contributed by atoms with van der Waals surface area (Å²) in [6, 6.07) is 16.7. The van der Waals surface area contributed by atoms with E-state index < -0.39 is 0 Å². The summed E-state index contributed by atoms with van der Waals surface area (Å²) < 4.78 is 0. The quantitative estimate of drug-likeness (QED) is 0.766. The molecular formula is C19H16N2O2. The van der Waals surface area contributed by atoms with Gasteiger partial charge in [0.05, 0.1) is 5.69 Å². The molecule has 1 aromatic heterocycles. The lowest BCUT2D eigenvalue weighted by Gasteiger charge is -2.06. The summed E-state index contributed by atoms with van der Waals surface area (Å²) in [4.78, 5) is 15.7. The highest BCUT2D eigenvalue weighted by molar-refractivity contribution is 5.92. The molecule has 114 valence electrons. The number of amides is 1. The smallest absolute Gasteiger partial charge is 0.221 e. The number of fused-ring (bicyclic) bond motifs is 1. The van der Waals surface area contributed by atoms with Crippen LogP contribution in [0.15, 0.2) is 54.6 Å². The summed E-state index contributed by atoms with van der Waals surface area (Å²) in [6.07, 6.45) is 3.74. The van der Waals surface area contributed by atoms with Gasteiger partial charge in [-0.15, -0.1) is 0 Å². The van der Waals surface area contributed by atoms with Crippen molar-refractivity contribution >= 4 is 34.6 Å². The van der Waals surface area contributed by atoms with Crippen LogP contribution in [0.25, 0.3) is 23.1 Å². The Kier molecular flexibility index (Phi) is 4.06. The molecule has 0 fully saturated rings. The molecule has 1 amide bonds. The minimum Gasteiger partial charge on any atom is -0.506 e. The Bertz CT molecular complexity index is 901. The van der Waals surface area contributed by atoms with Crippen molar-refractivity contribution in [3.63, 3.8) is 0 Å². The van der Waals surface area contributed by atoms with E-state index >= 15 is 0 Å². The number of aromatic nitrogens is 1. The van der Waals surface area contributed by atoms with E-state index in [1.807, 2.05) is 54.6 Å². The Morgan fingerprint density at radius 2 is 1.87 bits per heavy atom. The van der Waals surface area contributed by atoms with Gasteiger partial charge in [-0.25, -0.2) is 4.98 Å². The summed E-state index contributed by atoms with van der Waals surface area (Å²) in [7, 11) is 0. The largest absolute Gasteiger partial charge is 0.506 e. The molecular weight excluding hydrogens is 288 g/mol. The standard InChI is InChI=1S/C19H16N2O2/c1-13(22)20-17-7-3-2-5-14(17)9-11-16-12-10-15-6-4-8-18(23)19(15)21-16/h2-12,23H,1H3,(H,20,22). The number of carbonyl (C=O) groups is 1. The molecule has 0 radical (unpaired) electrons. The Morgan fingerprint density at radius 1 is 1.04 bits per heavy atom. The van der Waals surface area contributed by atoms with E-state index in [4.69, 9.17) is 0 Å². The fourth-order valence-electron chi connectivity index (χ4n) is 2.36. The zero-order chi connectivity index (χ0) is 16.2. The minimum absolute atomic E-state index is 0.111. The number of phenols is 1. The third-order valence-corrected chi connectivity index (χ3v) is 3.43. The molecule has 2 N–H and O–H groups in total. The van der Waals surface area contributed by atoms with Crippen LogP contribution in [-0.2, 0) is 4.79 Å². The lowest BCUT2D eigenvalue weighted by atomic mass is 10.1. The van der Waals surface area contributed by atoms with Crippen LogP contribution in [0.1, 0.15) is 18.2 Å². The van der Waals surface area contributed by atoms with Gasteiger partial charge in [-0.05, 0) is 29.8 Å². The molecule has 4 nitrogen and oxygen atoms in total. The lowest BCUT2D eigenvalue weighted by molar-refractivity contribution is -0.114. The zero-order valence-electron chi connectivity index (χ0n) is 12.7. The number of nitrogens with one attached hydrogen (secondary N) is 1. The highest BCUT2D eigenvalue weighted by Gasteiger charge is 2.02. The van der Waals surface area contributed by atoms with Crippen LogP contribution in [0.3, 0.4) is 0 Å². The lowest BCUT2D eigenvalue weighted by Crippen LogP contribution is -2.06. The molecule has 0 atom stereocenters. The number of phenolic OH excluding ortho intramolecular Hbond substituents is 1. The van der Waals surface area contributed by atoms with Crippen LogP contribution in [0, 0.1) is 0 Å². The van der Waals surface area contributed by atoms with Gasteiger partial charge in [0.25, 0.3) is 0 Å². The molecule has 3 aromatic rings. The van der Waals surface area contributed by atoms with Crippen LogP contribution < -0.4 is 5.32 Å². The second kappa shape index (κ2) is 6.32. The Balaban J connectivity index is 1.94. The zero-order valence-corrected chi connectivity index (χ0v) is 12.7. The highest BCUT2D eigenvalue weighted by Crippen LogP contribution is 2.23. The first-order valence-electron chi connectivity index (χ1n) is 7.27. The fraction of sp³-hybridized carbons (Fsp3) is 0.0526. The van der Waals surface area contributed by atoms with Crippen molar-refractivity contribution in [2.45, 2.75) is 6.92 Å². The first-order chi connectivity index (χ1) is 11.1. The van der Waals surface area contributed by atoms with Gasteiger partial charge in [-0.3, -0.25) is 4.79 Å². The van der Waals surface area contributed by atoms with Crippen molar-refractivity contribution < 1.29 is 9.90 Å². The highest BCUT2D eigenvalue weighted by atomic mass is 16.3. The van der Waals surface area contributed by atoms with Crippen LogP contribution in [0.2, 0.25) is 0 Å². The van der Waals surface area contributed by atoms with E-state index in [-0.39, 0.29) is 11.7 Å². The number of hydrogen-bond acceptors (Lipinski definition) is 3. The monoisotopic (exact) mass is 304 g/mol. The number of benzene rings is 2. The molecule has 0 aliphatic carbocycles. The molecule has 23 heavy (non-hydrogen) atoms. The summed E-state index contributed by atoms with van der Waals surface area (Å²) in [5.74, 6) is 0.0519. The van der Waals surface area contributed by atoms with E-state index in [9.17, 15) is 9.90 Å². The average molecular weight is 304 g/mol. The van der Waals surface area contributed by atoms with Gasteiger partial charge in [0, 0.05) is 18.0 Å². The molecule has 0 aliphatic rings. The normalized spacial score (nSPS) is 11.0. The van der Waals surface area contributed by atoms with E-state index in [0.29, 0.717) is 5.52 Å². The summed E-state index contributed by atoms with van der Waals surface area (Å²) in [5, 5.41) is 13.6. The molecule has 0 saturated carbocycles. The topological polar surface area (TPSA) is 62.2 Å².